The zero-order chi connectivity index (χ0) is 9.97. The maximum atomic E-state index is 11.2. The molecule has 0 aliphatic heterocycles. The lowest BCUT2D eigenvalue weighted by Gasteiger charge is -2.15. The highest BCUT2D eigenvalue weighted by atomic mass is 16.5. The molecule has 0 unspecified atom stereocenters. The van der Waals surface area contributed by atoms with E-state index in [9.17, 15) is 4.79 Å². The average Bonchev–Trinajstić information content (AvgIpc) is 3.01. The molecule has 3 heteroatoms. The maximum absolute atomic E-state index is 11.2. The molecule has 0 bridgehead atoms. The van der Waals surface area contributed by atoms with Gasteiger partial charge in [0.1, 0.15) is 6.61 Å². The lowest BCUT2D eigenvalue weighted by Crippen LogP contribution is -2.33. The van der Waals surface area contributed by atoms with Gasteiger partial charge in [0.2, 0.25) is 5.91 Å². The zero-order valence-electron chi connectivity index (χ0n) is 8.79. The molecule has 2 aliphatic rings. The minimum absolute atomic E-state index is 0.0267. The summed E-state index contributed by atoms with van der Waals surface area (Å²) in [6.45, 7) is 1.07. The summed E-state index contributed by atoms with van der Waals surface area (Å²) < 4.78 is 4.78. The molecule has 1 amide bonds. The molecule has 2 fully saturated rings. The maximum Gasteiger partial charge on any atom is 0.245 e. The van der Waals surface area contributed by atoms with Crippen LogP contribution in [0, 0.1) is 17.8 Å². The predicted octanol–water partition coefficient (Wildman–Crippen LogP) is 1.19. The Labute approximate surface area is 85.2 Å². The van der Waals surface area contributed by atoms with Crippen molar-refractivity contribution in [3.63, 3.8) is 0 Å². The summed E-state index contributed by atoms with van der Waals surface area (Å²) >= 11 is 0. The van der Waals surface area contributed by atoms with Gasteiger partial charge in [-0.1, -0.05) is 0 Å². The fourth-order valence-electron chi connectivity index (χ4n) is 2.18. The van der Waals surface area contributed by atoms with Gasteiger partial charge in [-0.3, -0.25) is 4.79 Å². The van der Waals surface area contributed by atoms with Gasteiger partial charge in [-0.25, -0.2) is 0 Å². The van der Waals surface area contributed by atoms with E-state index in [1.54, 1.807) is 7.11 Å². The number of nitrogens with one attached hydrogen (secondary N) is 1. The average molecular weight is 197 g/mol. The van der Waals surface area contributed by atoms with E-state index in [4.69, 9.17) is 4.74 Å². The number of hydrogen-bond donors (Lipinski definition) is 1. The number of carbonyl (C=O) groups excluding carboxylic acids is 1. The molecule has 3 nitrogen and oxygen atoms in total. The topological polar surface area (TPSA) is 38.3 Å². The highest BCUT2D eigenvalue weighted by Gasteiger charge is 2.41. The van der Waals surface area contributed by atoms with Crippen molar-refractivity contribution >= 4 is 5.91 Å². The molecule has 0 aromatic rings. The number of rotatable bonds is 6. The summed E-state index contributed by atoms with van der Waals surface area (Å²) in [5, 5.41) is 2.96. The van der Waals surface area contributed by atoms with Crippen molar-refractivity contribution in [3.05, 3.63) is 0 Å². The Hall–Kier alpha value is -0.570. The van der Waals surface area contributed by atoms with Crippen LogP contribution in [0.15, 0.2) is 0 Å². The van der Waals surface area contributed by atoms with E-state index in [0.29, 0.717) is 0 Å². The Kier molecular flexibility index (Phi) is 3.06. The van der Waals surface area contributed by atoms with Crippen LogP contribution in [0.25, 0.3) is 0 Å². The molecule has 0 heterocycles. The van der Waals surface area contributed by atoms with Crippen molar-refractivity contribution in [1.29, 1.82) is 0 Å². The molecule has 2 saturated carbocycles. The fourth-order valence-corrected chi connectivity index (χ4v) is 2.18. The second-order valence-electron chi connectivity index (χ2n) is 4.58. The second kappa shape index (κ2) is 4.30. The van der Waals surface area contributed by atoms with Crippen LogP contribution in [0.4, 0.5) is 0 Å². The van der Waals surface area contributed by atoms with Gasteiger partial charge in [-0.15, -0.1) is 0 Å². The lowest BCUT2D eigenvalue weighted by atomic mass is 9.98. The summed E-state index contributed by atoms with van der Waals surface area (Å²) in [5.74, 6) is 2.60. The van der Waals surface area contributed by atoms with E-state index in [2.05, 4.69) is 5.32 Å². The van der Waals surface area contributed by atoms with Crippen molar-refractivity contribution in [2.24, 2.45) is 17.8 Å². The lowest BCUT2D eigenvalue weighted by molar-refractivity contribution is -0.124. The summed E-state index contributed by atoms with van der Waals surface area (Å²) in [7, 11) is 1.55. The van der Waals surface area contributed by atoms with Gasteiger partial charge in [0, 0.05) is 13.7 Å². The Morgan fingerprint density at radius 1 is 1.36 bits per heavy atom. The van der Waals surface area contributed by atoms with Gasteiger partial charge in [0.15, 0.2) is 0 Å². The summed E-state index contributed by atoms with van der Waals surface area (Å²) in [6, 6.07) is 0. The van der Waals surface area contributed by atoms with Crippen molar-refractivity contribution < 1.29 is 9.53 Å². The normalized spacial score (nSPS) is 21.3. The van der Waals surface area contributed by atoms with Crippen LogP contribution in [-0.2, 0) is 9.53 Å². The van der Waals surface area contributed by atoms with Crippen molar-refractivity contribution in [3.8, 4) is 0 Å². The quantitative estimate of drug-likeness (QED) is 0.694. The van der Waals surface area contributed by atoms with Crippen LogP contribution in [-0.4, -0.2) is 26.2 Å². The van der Waals surface area contributed by atoms with Crippen LogP contribution in [0.3, 0.4) is 0 Å². The van der Waals surface area contributed by atoms with Gasteiger partial charge in [0.05, 0.1) is 0 Å². The standard InChI is InChI=1S/C11H19NO2/c1-14-7-11(13)12-6-10(8-2-3-8)9-4-5-9/h8-10H,2-7H2,1H3,(H,12,13). The van der Waals surface area contributed by atoms with Gasteiger partial charge in [-0.05, 0) is 43.4 Å². The highest BCUT2D eigenvalue weighted by Crippen LogP contribution is 2.48. The Balaban J connectivity index is 1.68. The largest absolute Gasteiger partial charge is 0.375 e. The first-order valence-electron chi connectivity index (χ1n) is 5.57. The SMILES string of the molecule is COCC(=O)NCC(C1CC1)C1CC1. The molecule has 1 N–H and O–H groups in total. The zero-order valence-corrected chi connectivity index (χ0v) is 8.79. The number of amides is 1. The van der Waals surface area contributed by atoms with Crippen LogP contribution in [0.1, 0.15) is 25.7 Å². The van der Waals surface area contributed by atoms with E-state index in [-0.39, 0.29) is 12.5 Å². The third-order valence-corrected chi connectivity index (χ3v) is 3.27. The molecule has 0 aromatic heterocycles. The molecule has 0 radical (unpaired) electrons. The first-order chi connectivity index (χ1) is 6.81. The first kappa shape index (κ1) is 9.97. The number of carbonyl (C=O) groups is 1. The Morgan fingerprint density at radius 2 is 1.93 bits per heavy atom. The van der Waals surface area contributed by atoms with Crippen molar-refractivity contribution in [1.82, 2.24) is 5.32 Å². The first-order valence-corrected chi connectivity index (χ1v) is 5.57. The number of methoxy groups -OCH3 is 1. The monoisotopic (exact) mass is 197 g/mol. The van der Waals surface area contributed by atoms with E-state index < -0.39 is 0 Å². The molecular weight excluding hydrogens is 178 g/mol. The smallest absolute Gasteiger partial charge is 0.245 e. The predicted molar refractivity (Wildman–Crippen MR) is 53.8 cm³/mol. The van der Waals surface area contributed by atoms with Gasteiger partial charge < -0.3 is 10.1 Å². The Morgan fingerprint density at radius 3 is 2.36 bits per heavy atom. The van der Waals surface area contributed by atoms with Crippen LogP contribution < -0.4 is 5.32 Å². The molecule has 2 rings (SSSR count). The molecule has 14 heavy (non-hydrogen) atoms. The van der Waals surface area contributed by atoms with Crippen LogP contribution in [0.2, 0.25) is 0 Å². The minimum Gasteiger partial charge on any atom is -0.375 e. The van der Waals surface area contributed by atoms with Crippen LogP contribution >= 0.6 is 0 Å². The second-order valence-corrected chi connectivity index (χ2v) is 4.58. The summed E-state index contributed by atoms with van der Waals surface area (Å²) in [6.07, 6.45) is 5.51. The van der Waals surface area contributed by atoms with E-state index in [1.165, 1.54) is 25.7 Å². The third kappa shape index (κ3) is 2.71. The van der Waals surface area contributed by atoms with Crippen molar-refractivity contribution in [2.75, 3.05) is 20.3 Å². The molecule has 0 saturated heterocycles. The summed E-state index contributed by atoms with van der Waals surface area (Å²) in [4.78, 5) is 11.2. The van der Waals surface area contributed by atoms with Crippen molar-refractivity contribution in [2.45, 2.75) is 25.7 Å². The van der Waals surface area contributed by atoms with Gasteiger partial charge in [-0.2, -0.15) is 0 Å². The van der Waals surface area contributed by atoms with E-state index >= 15 is 0 Å². The van der Waals surface area contributed by atoms with Gasteiger partial charge >= 0.3 is 0 Å². The molecule has 0 spiro atoms. The van der Waals surface area contributed by atoms with Gasteiger partial charge in [0.25, 0.3) is 0 Å². The van der Waals surface area contributed by atoms with E-state index in [0.717, 1.165) is 24.3 Å². The molecule has 0 aromatic carbocycles. The molecule has 2 aliphatic carbocycles. The minimum atomic E-state index is 0.0267. The highest BCUT2D eigenvalue weighted by molar-refractivity contribution is 5.77. The fraction of sp³-hybridized carbons (Fsp3) is 0.909. The number of ether oxygens (including phenoxy) is 1. The molecule has 80 valence electrons. The molecule has 0 atom stereocenters. The Bertz CT molecular complexity index is 197. The molecular formula is C11H19NO2. The number of hydrogen-bond acceptors (Lipinski definition) is 2. The van der Waals surface area contributed by atoms with Crippen LogP contribution in [0.5, 0.6) is 0 Å². The summed E-state index contributed by atoms with van der Waals surface area (Å²) in [5.41, 5.74) is 0. The third-order valence-electron chi connectivity index (χ3n) is 3.27. The van der Waals surface area contributed by atoms with E-state index in [1.807, 2.05) is 0 Å².